The largest absolute Gasteiger partial charge is 0.444 e. The molecule has 0 aromatic heterocycles. The molecule has 5 heteroatoms. The first-order valence-electron chi connectivity index (χ1n) is 5.62. The van der Waals surface area contributed by atoms with Crippen LogP contribution in [0.1, 0.15) is 33.6 Å². The molecule has 5 nitrogen and oxygen atoms in total. The highest BCUT2D eigenvalue weighted by molar-refractivity contribution is 5.86. The van der Waals surface area contributed by atoms with E-state index in [1.807, 2.05) is 20.8 Å². The molecule has 0 spiro atoms. The van der Waals surface area contributed by atoms with Crippen molar-refractivity contribution in [2.45, 2.75) is 39.2 Å². The molecule has 0 aromatic carbocycles. The van der Waals surface area contributed by atoms with Gasteiger partial charge in [-0.1, -0.05) is 0 Å². The molecule has 0 aliphatic carbocycles. The van der Waals surface area contributed by atoms with E-state index in [0.717, 1.165) is 18.6 Å². The van der Waals surface area contributed by atoms with Crippen molar-refractivity contribution in [2.75, 3.05) is 20.1 Å². The van der Waals surface area contributed by atoms with E-state index in [4.69, 9.17) is 4.74 Å². The summed E-state index contributed by atoms with van der Waals surface area (Å²) in [6.07, 6.45) is 1.41. The van der Waals surface area contributed by atoms with Gasteiger partial charge in [0.25, 0.3) is 0 Å². The highest BCUT2D eigenvalue weighted by atomic mass is 16.6. The van der Waals surface area contributed by atoms with Crippen LogP contribution in [0.4, 0.5) is 4.79 Å². The van der Waals surface area contributed by atoms with Crippen molar-refractivity contribution in [1.29, 1.82) is 0 Å². The van der Waals surface area contributed by atoms with E-state index in [9.17, 15) is 4.79 Å². The standard InChI is InChI=1S/C11H21N3O2/c1-11(2,3)16-10(15)14-7-5-9(6-8-14)13-12-4/h12H,5-8H2,1-4H3. The second kappa shape index (κ2) is 5.18. The van der Waals surface area contributed by atoms with Crippen LogP contribution in [0.15, 0.2) is 5.10 Å². The lowest BCUT2D eigenvalue weighted by Gasteiger charge is -2.30. The number of carbonyl (C=O) groups excluding carboxylic acids is 1. The first-order valence-corrected chi connectivity index (χ1v) is 5.62. The number of hydrogen-bond donors (Lipinski definition) is 1. The lowest BCUT2D eigenvalue weighted by Crippen LogP contribution is -2.42. The molecular formula is C11H21N3O2. The van der Waals surface area contributed by atoms with Crippen molar-refractivity contribution in [2.24, 2.45) is 5.10 Å². The Balaban J connectivity index is 2.42. The van der Waals surface area contributed by atoms with Crippen molar-refractivity contribution < 1.29 is 9.53 Å². The first-order chi connectivity index (χ1) is 7.42. The van der Waals surface area contributed by atoms with E-state index in [2.05, 4.69) is 10.5 Å². The molecule has 1 saturated heterocycles. The summed E-state index contributed by atoms with van der Waals surface area (Å²) in [6.45, 7) is 7.01. The maximum Gasteiger partial charge on any atom is 0.410 e. The summed E-state index contributed by atoms with van der Waals surface area (Å²) in [5.41, 5.74) is 3.47. The van der Waals surface area contributed by atoms with Crippen LogP contribution in [-0.4, -0.2) is 42.4 Å². The molecule has 0 aromatic rings. The first kappa shape index (κ1) is 12.8. The van der Waals surface area contributed by atoms with Crippen LogP contribution in [0.3, 0.4) is 0 Å². The lowest BCUT2D eigenvalue weighted by atomic mass is 10.1. The molecule has 1 aliphatic rings. The van der Waals surface area contributed by atoms with Gasteiger partial charge in [-0.05, 0) is 20.8 Å². The van der Waals surface area contributed by atoms with Crippen LogP contribution in [-0.2, 0) is 4.74 Å². The SMILES string of the molecule is CNN=C1CCN(C(=O)OC(C)(C)C)CC1. The number of amides is 1. The molecule has 0 bridgehead atoms. The van der Waals surface area contributed by atoms with Gasteiger partial charge in [0.2, 0.25) is 0 Å². The minimum Gasteiger partial charge on any atom is -0.444 e. The number of nitrogens with one attached hydrogen (secondary N) is 1. The van der Waals surface area contributed by atoms with Gasteiger partial charge in [0.1, 0.15) is 5.60 Å². The Hall–Kier alpha value is -1.26. The molecular weight excluding hydrogens is 206 g/mol. The summed E-state index contributed by atoms with van der Waals surface area (Å²) < 4.78 is 5.30. The number of nitrogens with zero attached hydrogens (tertiary/aromatic N) is 2. The van der Waals surface area contributed by atoms with E-state index in [1.165, 1.54) is 0 Å². The van der Waals surface area contributed by atoms with Gasteiger partial charge in [0.15, 0.2) is 0 Å². The quantitative estimate of drug-likeness (QED) is 0.692. The van der Waals surface area contributed by atoms with Crippen molar-refractivity contribution in [3.63, 3.8) is 0 Å². The van der Waals surface area contributed by atoms with Gasteiger partial charge in [-0.2, -0.15) is 5.10 Å². The van der Waals surface area contributed by atoms with Gasteiger partial charge in [-0.3, -0.25) is 0 Å². The number of carbonyl (C=O) groups is 1. The van der Waals surface area contributed by atoms with Gasteiger partial charge < -0.3 is 15.1 Å². The highest BCUT2D eigenvalue weighted by Gasteiger charge is 2.24. The molecule has 16 heavy (non-hydrogen) atoms. The minimum absolute atomic E-state index is 0.226. The van der Waals surface area contributed by atoms with Crippen LogP contribution in [0, 0.1) is 0 Å². The Morgan fingerprint density at radius 3 is 2.38 bits per heavy atom. The average molecular weight is 227 g/mol. The van der Waals surface area contributed by atoms with E-state index >= 15 is 0 Å². The monoisotopic (exact) mass is 227 g/mol. The fourth-order valence-corrected chi connectivity index (χ4v) is 1.54. The lowest BCUT2D eigenvalue weighted by molar-refractivity contribution is 0.0249. The number of piperidine rings is 1. The van der Waals surface area contributed by atoms with Crippen molar-refractivity contribution in [3.05, 3.63) is 0 Å². The third kappa shape index (κ3) is 4.08. The van der Waals surface area contributed by atoms with Gasteiger partial charge >= 0.3 is 6.09 Å². The van der Waals surface area contributed by atoms with Gasteiger partial charge in [-0.15, -0.1) is 0 Å². The van der Waals surface area contributed by atoms with Crippen LogP contribution >= 0.6 is 0 Å². The highest BCUT2D eigenvalue weighted by Crippen LogP contribution is 2.13. The Morgan fingerprint density at radius 1 is 1.38 bits per heavy atom. The Labute approximate surface area is 96.8 Å². The molecule has 0 saturated carbocycles. The summed E-state index contributed by atoms with van der Waals surface area (Å²) in [7, 11) is 1.78. The van der Waals surface area contributed by atoms with Crippen LogP contribution in [0.5, 0.6) is 0 Å². The van der Waals surface area contributed by atoms with Gasteiger partial charge in [-0.25, -0.2) is 4.79 Å². The number of hydrazone groups is 1. The Kier molecular flexibility index (Phi) is 4.15. The van der Waals surface area contributed by atoms with Crippen LogP contribution in [0.25, 0.3) is 0 Å². The molecule has 1 fully saturated rings. The zero-order valence-corrected chi connectivity index (χ0v) is 10.5. The molecule has 1 amide bonds. The number of hydrogen-bond acceptors (Lipinski definition) is 4. The summed E-state index contributed by atoms with van der Waals surface area (Å²) in [6, 6.07) is 0. The topological polar surface area (TPSA) is 53.9 Å². The van der Waals surface area contributed by atoms with E-state index in [1.54, 1.807) is 11.9 Å². The predicted octanol–water partition coefficient (Wildman–Crippen LogP) is 1.59. The zero-order valence-electron chi connectivity index (χ0n) is 10.5. The van der Waals surface area contributed by atoms with Crippen molar-refractivity contribution in [1.82, 2.24) is 10.3 Å². The molecule has 1 N–H and O–H groups in total. The van der Waals surface area contributed by atoms with Gasteiger partial charge in [0, 0.05) is 38.7 Å². The third-order valence-electron chi connectivity index (χ3n) is 2.26. The summed E-state index contributed by atoms with van der Waals surface area (Å²) in [4.78, 5) is 13.5. The smallest absolute Gasteiger partial charge is 0.410 e. The molecule has 0 atom stereocenters. The number of ether oxygens (including phenoxy) is 1. The normalized spacial score (nSPS) is 17.0. The summed E-state index contributed by atoms with van der Waals surface area (Å²) >= 11 is 0. The molecule has 1 rings (SSSR count). The average Bonchev–Trinajstić information content (AvgIpc) is 2.16. The fourth-order valence-electron chi connectivity index (χ4n) is 1.54. The third-order valence-corrected chi connectivity index (χ3v) is 2.26. The predicted molar refractivity (Wildman–Crippen MR) is 63.5 cm³/mol. The fraction of sp³-hybridized carbons (Fsp3) is 0.818. The summed E-state index contributed by atoms with van der Waals surface area (Å²) in [5, 5.41) is 4.14. The molecule has 0 unspecified atom stereocenters. The Bertz CT molecular complexity index is 271. The number of likely N-dealkylation sites (tertiary alicyclic amines) is 1. The van der Waals surface area contributed by atoms with E-state index in [-0.39, 0.29) is 6.09 Å². The second-order valence-corrected chi connectivity index (χ2v) is 4.87. The van der Waals surface area contributed by atoms with Crippen molar-refractivity contribution >= 4 is 11.8 Å². The molecule has 1 aliphatic heterocycles. The second-order valence-electron chi connectivity index (χ2n) is 4.87. The molecule has 92 valence electrons. The molecule has 1 heterocycles. The van der Waals surface area contributed by atoms with Crippen molar-refractivity contribution in [3.8, 4) is 0 Å². The minimum atomic E-state index is -0.420. The van der Waals surface area contributed by atoms with Crippen LogP contribution in [0.2, 0.25) is 0 Å². The van der Waals surface area contributed by atoms with E-state index < -0.39 is 5.60 Å². The summed E-state index contributed by atoms with van der Waals surface area (Å²) in [5.74, 6) is 0. The Morgan fingerprint density at radius 2 is 1.94 bits per heavy atom. The zero-order chi connectivity index (χ0) is 12.2. The molecule has 0 radical (unpaired) electrons. The maximum absolute atomic E-state index is 11.7. The maximum atomic E-state index is 11.7. The number of rotatable bonds is 1. The van der Waals surface area contributed by atoms with Crippen LogP contribution < -0.4 is 5.43 Å². The van der Waals surface area contributed by atoms with Gasteiger partial charge in [0.05, 0.1) is 0 Å². The van der Waals surface area contributed by atoms with E-state index in [0.29, 0.717) is 13.1 Å².